The highest BCUT2D eigenvalue weighted by Gasteiger charge is 2.38. The SMILES string of the molecule is CC(C)(C)OC(=O)N1CC(C(F)C=O)C1. The molecule has 0 radical (unpaired) electrons. The molecule has 0 bridgehead atoms. The van der Waals surface area contributed by atoms with Gasteiger partial charge in [0.25, 0.3) is 0 Å². The molecule has 1 saturated heterocycles. The predicted molar refractivity (Wildman–Crippen MR) is 52.3 cm³/mol. The molecule has 1 unspecified atom stereocenters. The molecule has 0 N–H and O–H groups in total. The van der Waals surface area contributed by atoms with E-state index in [4.69, 9.17) is 4.74 Å². The second-order valence-corrected chi connectivity index (χ2v) is 4.73. The molecule has 1 rings (SSSR count). The lowest BCUT2D eigenvalue weighted by Gasteiger charge is -2.39. The number of carbonyl (C=O) groups is 2. The molecule has 0 spiro atoms. The van der Waals surface area contributed by atoms with Crippen LogP contribution in [-0.2, 0) is 9.53 Å². The summed E-state index contributed by atoms with van der Waals surface area (Å²) in [4.78, 5) is 22.9. The Hall–Kier alpha value is -1.13. The van der Waals surface area contributed by atoms with E-state index in [1.54, 1.807) is 20.8 Å². The fourth-order valence-electron chi connectivity index (χ4n) is 1.30. The Morgan fingerprint density at radius 2 is 2.07 bits per heavy atom. The van der Waals surface area contributed by atoms with Gasteiger partial charge in [-0.3, -0.25) is 0 Å². The van der Waals surface area contributed by atoms with Crippen molar-refractivity contribution in [3.63, 3.8) is 0 Å². The van der Waals surface area contributed by atoms with Crippen molar-refractivity contribution >= 4 is 12.4 Å². The Bertz CT molecular complexity index is 256. The number of alkyl halides is 1. The van der Waals surface area contributed by atoms with Crippen molar-refractivity contribution in [2.45, 2.75) is 32.5 Å². The summed E-state index contributed by atoms with van der Waals surface area (Å²) in [6.07, 6.45) is -1.64. The minimum Gasteiger partial charge on any atom is -0.444 e. The van der Waals surface area contributed by atoms with Crippen LogP contribution in [0.5, 0.6) is 0 Å². The van der Waals surface area contributed by atoms with Crippen LogP contribution >= 0.6 is 0 Å². The summed E-state index contributed by atoms with van der Waals surface area (Å²) < 4.78 is 17.9. The summed E-state index contributed by atoms with van der Waals surface area (Å²) in [6.45, 7) is 5.83. The highest BCUT2D eigenvalue weighted by Crippen LogP contribution is 2.22. The first-order valence-corrected chi connectivity index (χ1v) is 4.91. The summed E-state index contributed by atoms with van der Waals surface area (Å²) in [6, 6.07) is 0. The van der Waals surface area contributed by atoms with Gasteiger partial charge in [-0.2, -0.15) is 0 Å². The van der Waals surface area contributed by atoms with Crippen LogP contribution in [0.3, 0.4) is 0 Å². The van der Waals surface area contributed by atoms with E-state index in [1.165, 1.54) is 4.90 Å². The van der Waals surface area contributed by atoms with Gasteiger partial charge in [-0.05, 0) is 20.8 Å². The quantitative estimate of drug-likeness (QED) is 0.657. The van der Waals surface area contributed by atoms with Gasteiger partial charge >= 0.3 is 6.09 Å². The molecule has 1 fully saturated rings. The van der Waals surface area contributed by atoms with Gasteiger partial charge < -0.3 is 14.4 Å². The maximum atomic E-state index is 12.8. The van der Waals surface area contributed by atoms with Gasteiger partial charge in [-0.1, -0.05) is 0 Å². The zero-order valence-electron chi connectivity index (χ0n) is 9.20. The number of amides is 1. The first kappa shape index (κ1) is 11.9. The van der Waals surface area contributed by atoms with Crippen molar-refractivity contribution in [3.05, 3.63) is 0 Å². The minimum atomic E-state index is -1.47. The minimum absolute atomic E-state index is 0.259. The van der Waals surface area contributed by atoms with Crippen LogP contribution in [0.4, 0.5) is 9.18 Å². The fraction of sp³-hybridized carbons (Fsp3) is 0.800. The third kappa shape index (κ3) is 3.18. The van der Waals surface area contributed by atoms with E-state index in [1.807, 2.05) is 0 Å². The number of hydrogen-bond acceptors (Lipinski definition) is 3. The summed E-state index contributed by atoms with van der Waals surface area (Å²) in [7, 11) is 0. The molecule has 1 aliphatic rings. The Labute approximate surface area is 88.4 Å². The number of aldehydes is 1. The highest BCUT2D eigenvalue weighted by molar-refractivity contribution is 5.69. The number of carbonyl (C=O) groups excluding carboxylic acids is 2. The summed E-state index contributed by atoms with van der Waals surface area (Å²) in [5, 5.41) is 0. The molecule has 4 nitrogen and oxygen atoms in total. The van der Waals surface area contributed by atoms with E-state index in [9.17, 15) is 14.0 Å². The Kier molecular flexibility index (Phi) is 3.31. The topological polar surface area (TPSA) is 46.6 Å². The molecule has 86 valence electrons. The largest absolute Gasteiger partial charge is 0.444 e. The maximum Gasteiger partial charge on any atom is 0.410 e. The van der Waals surface area contributed by atoms with Gasteiger partial charge in [0, 0.05) is 19.0 Å². The van der Waals surface area contributed by atoms with E-state index in [-0.39, 0.29) is 25.3 Å². The zero-order chi connectivity index (χ0) is 11.6. The van der Waals surface area contributed by atoms with Gasteiger partial charge in [0.05, 0.1) is 0 Å². The highest BCUT2D eigenvalue weighted by atomic mass is 19.1. The van der Waals surface area contributed by atoms with E-state index in [2.05, 4.69) is 0 Å². The van der Waals surface area contributed by atoms with Crippen molar-refractivity contribution in [2.24, 2.45) is 5.92 Å². The number of rotatable bonds is 2. The standard InChI is InChI=1S/C10H16FNO3/c1-10(2,3)15-9(14)12-4-7(5-12)8(11)6-13/h6-8H,4-5H2,1-3H3. The Balaban J connectivity index is 2.33. The smallest absolute Gasteiger partial charge is 0.410 e. The first-order chi connectivity index (χ1) is 6.83. The molecule has 0 aliphatic carbocycles. The molecule has 1 heterocycles. The van der Waals surface area contributed by atoms with Crippen molar-refractivity contribution in [3.8, 4) is 0 Å². The van der Waals surface area contributed by atoms with Crippen molar-refractivity contribution in [1.82, 2.24) is 4.90 Å². The number of ether oxygens (including phenoxy) is 1. The fourth-order valence-corrected chi connectivity index (χ4v) is 1.30. The van der Waals surface area contributed by atoms with Crippen LogP contribution in [0.2, 0.25) is 0 Å². The molecular formula is C10H16FNO3. The van der Waals surface area contributed by atoms with E-state index in [0.29, 0.717) is 0 Å². The number of likely N-dealkylation sites (tertiary alicyclic amines) is 1. The maximum absolute atomic E-state index is 12.8. The average Bonchev–Trinajstić information content (AvgIpc) is 1.97. The van der Waals surface area contributed by atoms with Crippen LogP contribution < -0.4 is 0 Å². The van der Waals surface area contributed by atoms with Crippen molar-refractivity contribution in [2.75, 3.05) is 13.1 Å². The molecule has 1 atom stereocenters. The molecule has 0 aromatic rings. The normalized spacial score (nSPS) is 19.3. The molecule has 1 aliphatic heterocycles. The lowest BCUT2D eigenvalue weighted by atomic mass is 9.96. The van der Waals surface area contributed by atoms with Gasteiger partial charge in [-0.15, -0.1) is 0 Å². The van der Waals surface area contributed by atoms with E-state index < -0.39 is 17.9 Å². The molecule has 0 aromatic carbocycles. The van der Waals surface area contributed by atoms with Gasteiger partial charge in [0.2, 0.25) is 0 Å². The number of nitrogens with zero attached hydrogens (tertiary/aromatic N) is 1. The predicted octanol–water partition coefficient (Wildman–Crippen LogP) is 1.39. The van der Waals surface area contributed by atoms with Crippen LogP contribution in [0.25, 0.3) is 0 Å². The molecule has 15 heavy (non-hydrogen) atoms. The van der Waals surface area contributed by atoms with Gasteiger partial charge in [0.15, 0.2) is 12.5 Å². The lowest BCUT2D eigenvalue weighted by molar-refractivity contribution is -0.116. The zero-order valence-corrected chi connectivity index (χ0v) is 9.20. The number of hydrogen-bond donors (Lipinski definition) is 0. The van der Waals surface area contributed by atoms with E-state index in [0.717, 1.165) is 0 Å². The summed E-state index contributed by atoms with van der Waals surface area (Å²) in [5.41, 5.74) is -0.540. The second-order valence-electron chi connectivity index (χ2n) is 4.73. The molecule has 0 aromatic heterocycles. The van der Waals surface area contributed by atoms with Gasteiger partial charge in [-0.25, -0.2) is 9.18 Å². The first-order valence-electron chi connectivity index (χ1n) is 4.91. The van der Waals surface area contributed by atoms with Crippen LogP contribution in [-0.4, -0.2) is 42.1 Å². The van der Waals surface area contributed by atoms with Crippen LogP contribution in [0, 0.1) is 5.92 Å². The summed E-state index contributed by atoms with van der Waals surface area (Å²) >= 11 is 0. The Morgan fingerprint density at radius 1 is 1.53 bits per heavy atom. The van der Waals surface area contributed by atoms with Gasteiger partial charge in [0.1, 0.15) is 5.60 Å². The molecule has 1 amide bonds. The molecule has 5 heteroatoms. The van der Waals surface area contributed by atoms with Crippen molar-refractivity contribution in [1.29, 1.82) is 0 Å². The number of halogens is 1. The van der Waals surface area contributed by atoms with Crippen LogP contribution in [0.1, 0.15) is 20.8 Å². The third-order valence-corrected chi connectivity index (χ3v) is 2.14. The third-order valence-electron chi connectivity index (χ3n) is 2.14. The van der Waals surface area contributed by atoms with Crippen LogP contribution in [0.15, 0.2) is 0 Å². The molecule has 0 saturated carbocycles. The molecular weight excluding hydrogens is 201 g/mol. The average molecular weight is 217 g/mol. The Morgan fingerprint density at radius 3 is 2.47 bits per heavy atom. The van der Waals surface area contributed by atoms with Crippen molar-refractivity contribution < 1.29 is 18.7 Å². The summed E-state index contributed by atoms with van der Waals surface area (Å²) in [5.74, 6) is -0.366. The monoisotopic (exact) mass is 217 g/mol. The van der Waals surface area contributed by atoms with E-state index >= 15 is 0 Å². The second kappa shape index (κ2) is 4.16. The lowest BCUT2D eigenvalue weighted by Crippen LogP contribution is -2.54.